The minimum Gasteiger partial charge on any atom is -0.494 e. The predicted octanol–water partition coefficient (Wildman–Crippen LogP) is 5.76. The molecule has 3 aliphatic rings. The number of hydrogen-bond donors (Lipinski definition) is 0. The van der Waals surface area contributed by atoms with Gasteiger partial charge in [-0.05, 0) is 93.5 Å². The first-order valence-corrected chi connectivity index (χ1v) is 14.6. The molecule has 0 N–H and O–H groups in total. The Balaban J connectivity index is 0.943. The van der Waals surface area contributed by atoms with Crippen LogP contribution in [0.15, 0.2) is 48.5 Å². The molecule has 1 aliphatic carbocycles. The van der Waals surface area contributed by atoms with E-state index in [-0.39, 0.29) is 23.4 Å². The van der Waals surface area contributed by atoms with Gasteiger partial charge in [0.1, 0.15) is 17.2 Å². The van der Waals surface area contributed by atoms with Crippen LogP contribution in [0.1, 0.15) is 68.6 Å². The van der Waals surface area contributed by atoms with E-state index in [4.69, 9.17) is 28.4 Å². The van der Waals surface area contributed by atoms with E-state index in [2.05, 4.69) is 6.92 Å². The molecule has 2 saturated heterocycles. The molecule has 8 nitrogen and oxygen atoms in total. The number of unbranched alkanes of at least 4 members (excludes halogenated alkanes) is 3. The van der Waals surface area contributed by atoms with Gasteiger partial charge in [-0.25, -0.2) is 4.79 Å². The molecule has 0 bridgehead atoms. The summed E-state index contributed by atoms with van der Waals surface area (Å²) in [5, 5.41) is 0. The van der Waals surface area contributed by atoms with Crippen molar-refractivity contribution in [2.24, 2.45) is 11.3 Å². The molecule has 2 aliphatic heterocycles. The van der Waals surface area contributed by atoms with Gasteiger partial charge in [-0.1, -0.05) is 13.3 Å². The molecule has 3 fully saturated rings. The van der Waals surface area contributed by atoms with Gasteiger partial charge >= 0.3 is 11.9 Å². The maximum Gasteiger partial charge on any atom is 0.343 e. The maximum atomic E-state index is 12.6. The van der Waals surface area contributed by atoms with Crippen molar-refractivity contribution in [3.63, 3.8) is 0 Å². The summed E-state index contributed by atoms with van der Waals surface area (Å²) in [5.74, 6) is 0.720. The zero-order valence-corrected chi connectivity index (χ0v) is 23.3. The van der Waals surface area contributed by atoms with Gasteiger partial charge in [0.25, 0.3) is 0 Å². The van der Waals surface area contributed by atoms with E-state index in [9.17, 15) is 9.59 Å². The molecule has 0 radical (unpaired) electrons. The first kappa shape index (κ1) is 28.6. The summed E-state index contributed by atoms with van der Waals surface area (Å²) in [6, 6.07) is 13.5. The van der Waals surface area contributed by atoms with Gasteiger partial charge in [-0.2, -0.15) is 0 Å². The lowest BCUT2D eigenvalue weighted by molar-refractivity contribution is -0.150. The van der Waals surface area contributed by atoms with Crippen LogP contribution in [0, 0.1) is 11.3 Å². The number of rotatable bonds is 15. The average molecular weight is 553 g/mol. The van der Waals surface area contributed by atoms with Crippen molar-refractivity contribution in [1.29, 1.82) is 0 Å². The number of ether oxygens (including phenoxy) is 6. The zero-order valence-electron chi connectivity index (χ0n) is 23.3. The van der Waals surface area contributed by atoms with Crippen LogP contribution < -0.4 is 14.2 Å². The average Bonchev–Trinajstić information content (AvgIpc) is 3.74. The Morgan fingerprint density at radius 1 is 0.825 bits per heavy atom. The van der Waals surface area contributed by atoms with Gasteiger partial charge in [0, 0.05) is 12.0 Å². The molecular weight excluding hydrogens is 512 g/mol. The van der Waals surface area contributed by atoms with Crippen LogP contribution >= 0.6 is 0 Å². The second kappa shape index (κ2) is 13.6. The number of epoxide rings is 1. The first-order valence-electron chi connectivity index (χ1n) is 14.6. The molecule has 5 rings (SSSR count). The van der Waals surface area contributed by atoms with E-state index < -0.39 is 5.97 Å². The third kappa shape index (κ3) is 7.83. The van der Waals surface area contributed by atoms with E-state index in [1.54, 1.807) is 48.5 Å². The van der Waals surface area contributed by atoms with Gasteiger partial charge in [-0.3, -0.25) is 4.79 Å². The van der Waals surface area contributed by atoms with Crippen molar-refractivity contribution in [3.05, 3.63) is 54.1 Å². The van der Waals surface area contributed by atoms with Crippen molar-refractivity contribution in [2.45, 2.75) is 70.5 Å². The van der Waals surface area contributed by atoms with Crippen molar-refractivity contribution >= 4 is 11.9 Å². The SMILES string of the molecule is CCC1(COCCCCCCOc2ccc(C(=O)Oc3ccc(OC(=O)C4CCC5OC5C4)cc3)cc2)COC1. The zero-order chi connectivity index (χ0) is 27.8. The van der Waals surface area contributed by atoms with E-state index >= 15 is 0 Å². The fourth-order valence-electron chi connectivity index (χ4n) is 5.17. The van der Waals surface area contributed by atoms with Crippen LogP contribution in [0.4, 0.5) is 0 Å². The Hall–Kier alpha value is -2.94. The molecule has 2 aromatic rings. The van der Waals surface area contributed by atoms with Crippen LogP contribution in [0.3, 0.4) is 0 Å². The second-order valence-electron chi connectivity index (χ2n) is 11.2. The summed E-state index contributed by atoms with van der Waals surface area (Å²) in [4.78, 5) is 25.0. The van der Waals surface area contributed by atoms with Crippen molar-refractivity contribution in [2.75, 3.05) is 33.0 Å². The monoisotopic (exact) mass is 552 g/mol. The summed E-state index contributed by atoms with van der Waals surface area (Å²) in [7, 11) is 0. The number of fused-ring (bicyclic) bond motifs is 1. The number of benzene rings is 2. The Bertz CT molecular complexity index is 1100. The summed E-state index contributed by atoms with van der Waals surface area (Å²) in [6.45, 7) is 6.09. The lowest BCUT2D eigenvalue weighted by Crippen LogP contribution is -2.45. The summed E-state index contributed by atoms with van der Waals surface area (Å²) >= 11 is 0. The van der Waals surface area contributed by atoms with Crippen LogP contribution in [-0.2, 0) is 19.0 Å². The quantitative estimate of drug-likeness (QED) is 0.119. The maximum absolute atomic E-state index is 12.6. The Morgan fingerprint density at radius 3 is 2.15 bits per heavy atom. The number of hydrogen-bond acceptors (Lipinski definition) is 8. The van der Waals surface area contributed by atoms with Crippen LogP contribution in [-0.4, -0.2) is 57.2 Å². The molecule has 40 heavy (non-hydrogen) atoms. The van der Waals surface area contributed by atoms with Crippen LogP contribution in [0.2, 0.25) is 0 Å². The molecule has 0 aromatic heterocycles. The van der Waals surface area contributed by atoms with Crippen molar-refractivity contribution < 1.29 is 38.0 Å². The highest BCUT2D eigenvalue weighted by molar-refractivity contribution is 5.91. The molecular formula is C32H40O8. The van der Waals surface area contributed by atoms with E-state index in [0.717, 1.165) is 83.5 Å². The number of carbonyl (C=O) groups excluding carboxylic acids is 2. The highest BCUT2D eigenvalue weighted by atomic mass is 16.6. The van der Waals surface area contributed by atoms with Crippen LogP contribution in [0.5, 0.6) is 17.2 Å². The largest absolute Gasteiger partial charge is 0.494 e. The molecule has 1 saturated carbocycles. The summed E-state index contributed by atoms with van der Waals surface area (Å²) in [6.07, 6.45) is 8.36. The smallest absolute Gasteiger partial charge is 0.343 e. The highest BCUT2D eigenvalue weighted by Gasteiger charge is 2.46. The Labute approximate surface area is 236 Å². The third-order valence-electron chi connectivity index (χ3n) is 8.11. The lowest BCUT2D eigenvalue weighted by atomic mass is 9.84. The third-order valence-corrected chi connectivity index (χ3v) is 8.11. The normalized spacial score (nSPS) is 22.5. The standard InChI is InChI=1S/C32H40O8/c1-2-32(21-36-22-32)20-35-17-5-3-4-6-18-37-25-10-7-23(8-11-25)30(33)38-26-12-14-27(15-13-26)39-31(34)24-9-16-28-29(19-24)40-28/h7-8,10-15,24,28-29H,2-6,9,16-22H2,1H3. The lowest BCUT2D eigenvalue weighted by Gasteiger charge is -2.40. The fourth-order valence-corrected chi connectivity index (χ4v) is 5.17. The minimum atomic E-state index is -0.464. The molecule has 3 unspecified atom stereocenters. The topological polar surface area (TPSA) is 92.8 Å². The Morgan fingerprint density at radius 2 is 1.50 bits per heavy atom. The molecule has 2 aromatic carbocycles. The minimum absolute atomic E-state index is 0.121. The molecule has 0 spiro atoms. The Kier molecular flexibility index (Phi) is 9.73. The number of carbonyl (C=O) groups is 2. The van der Waals surface area contributed by atoms with Crippen molar-refractivity contribution in [1.82, 2.24) is 0 Å². The van der Waals surface area contributed by atoms with E-state index in [1.807, 2.05) is 0 Å². The van der Waals surface area contributed by atoms with Crippen molar-refractivity contribution in [3.8, 4) is 17.2 Å². The van der Waals surface area contributed by atoms with E-state index in [0.29, 0.717) is 29.8 Å². The van der Waals surface area contributed by atoms with Gasteiger partial charge in [0.05, 0.1) is 50.1 Å². The highest BCUT2D eigenvalue weighted by Crippen LogP contribution is 2.40. The first-order chi connectivity index (χ1) is 19.5. The number of esters is 2. The van der Waals surface area contributed by atoms with Gasteiger partial charge in [0.2, 0.25) is 0 Å². The molecule has 8 heteroatoms. The summed E-state index contributed by atoms with van der Waals surface area (Å²) < 4.78 is 33.5. The molecule has 2 heterocycles. The van der Waals surface area contributed by atoms with E-state index in [1.165, 1.54) is 0 Å². The summed E-state index contributed by atoms with van der Waals surface area (Å²) in [5.41, 5.74) is 0.688. The van der Waals surface area contributed by atoms with Gasteiger partial charge < -0.3 is 28.4 Å². The molecule has 216 valence electrons. The molecule has 3 atom stereocenters. The van der Waals surface area contributed by atoms with Gasteiger partial charge in [0.15, 0.2) is 0 Å². The second-order valence-corrected chi connectivity index (χ2v) is 11.2. The fraction of sp³-hybridized carbons (Fsp3) is 0.562. The van der Waals surface area contributed by atoms with Gasteiger partial charge in [-0.15, -0.1) is 0 Å². The van der Waals surface area contributed by atoms with Crippen LogP contribution in [0.25, 0.3) is 0 Å². The predicted molar refractivity (Wildman–Crippen MR) is 148 cm³/mol. The molecule has 0 amide bonds.